The molecule has 0 aliphatic carbocycles. The van der Waals surface area contributed by atoms with E-state index < -0.39 is 0 Å². The Labute approximate surface area is 116 Å². The lowest BCUT2D eigenvalue weighted by molar-refractivity contribution is 0.395. The van der Waals surface area contributed by atoms with Gasteiger partial charge in [-0.15, -0.1) is 0 Å². The van der Waals surface area contributed by atoms with Crippen molar-refractivity contribution in [2.75, 3.05) is 45.2 Å². The van der Waals surface area contributed by atoms with Crippen molar-refractivity contribution in [2.45, 2.75) is 19.8 Å². The number of aryl methyl sites for hydroxylation is 2. The Hall–Kier alpha value is -1.07. The quantitative estimate of drug-likeness (QED) is 0.848. The molecule has 0 spiro atoms. The van der Waals surface area contributed by atoms with E-state index in [1.807, 2.05) is 11.7 Å². The summed E-state index contributed by atoms with van der Waals surface area (Å²) in [7, 11) is 6.41. The minimum Gasteiger partial charge on any atom is -0.359 e. The minimum atomic E-state index is 0.680. The van der Waals surface area contributed by atoms with Crippen molar-refractivity contribution >= 4 is 5.82 Å². The van der Waals surface area contributed by atoms with Gasteiger partial charge in [0.2, 0.25) is 0 Å². The predicted octanol–water partition coefficient (Wildman–Crippen LogP) is 0.618. The largest absolute Gasteiger partial charge is 0.359 e. The molecule has 5 nitrogen and oxygen atoms in total. The molecule has 108 valence electrons. The highest BCUT2D eigenvalue weighted by Gasteiger charge is 2.23. The zero-order chi connectivity index (χ0) is 14.0. The van der Waals surface area contributed by atoms with Crippen LogP contribution >= 0.6 is 0 Å². The second kappa shape index (κ2) is 5.92. The van der Waals surface area contributed by atoms with Crippen LogP contribution in [0.4, 0.5) is 5.82 Å². The number of aromatic nitrogens is 2. The van der Waals surface area contributed by atoms with Gasteiger partial charge in [-0.05, 0) is 45.8 Å². The number of rotatable bonds is 5. The van der Waals surface area contributed by atoms with Gasteiger partial charge in [-0.2, -0.15) is 5.10 Å². The highest BCUT2D eigenvalue weighted by Crippen LogP contribution is 2.25. The zero-order valence-electron chi connectivity index (χ0n) is 12.7. The van der Waals surface area contributed by atoms with Gasteiger partial charge in [0, 0.05) is 32.7 Å². The van der Waals surface area contributed by atoms with Crippen LogP contribution in [0.1, 0.15) is 17.7 Å². The predicted molar refractivity (Wildman–Crippen MR) is 79.6 cm³/mol. The third kappa shape index (κ3) is 3.09. The summed E-state index contributed by atoms with van der Waals surface area (Å²) < 4.78 is 2.00. The first-order chi connectivity index (χ1) is 9.02. The van der Waals surface area contributed by atoms with Gasteiger partial charge in [-0.25, -0.2) is 0 Å². The first-order valence-electron chi connectivity index (χ1n) is 7.15. The molecule has 5 heteroatoms. The van der Waals surface area contributed by atoms with E-state index in [1.165, 1.54) is 30.9 Å². The Bertz CT molecular complexity index is 426. The van der Waals surface area contributed by atoms with Gasteiger partial charge in [0.1, 0.15) is 5.82 Å². The molecular weight excluding hydrogens is 238 g/mol. The number of hydrogen-bond donors (Lipinski definition) is 1. The van der Waals surface area contributed by atoms with E-state index in [2.05, 4.69) is 35.9 Å². The van der Waals surface area contributed by atoms with E-state index in [-0.39, 0.29) is 0 Å². The molecule has 0 amide bonds. The van der Waals surface area contributed by atoms with Crippen LogP contribution in [0.3, 0.4) is 0 Å². The van der Waals surface area contributed by atoms with Crippen molar-refractivity contribution in [3.8, 4) is 0 Å². The van der Waals surface area contributed by atoms with E-state index in [0.29, 0.717) is 6.54 Å². The molecule has 19 heavy (non-hydrogen) atoms. The van der Waals surface area contributed by atoms with Gasteiger partial charge in [0.25, 0.3) is 0 Å². The first-order valence-corrected chi connectivity index (χ1v) is 7.15. The average molecular weight is 265 g/mol. The molecular formula is C14H27N5. The molecule has 0 radical (unpaired) electrons. The lowest BCUT2D eigenvalue weighted by Gasteiger charge is -2.24. The Morgan fingerprint density at radius 3 is 2.74 bits per heavy atom. The highest BCUT2D eigenvalue weighted by atomic mass is 15.4. The van der Waals surface area contributed by atoms with Gasteiger partial charge in [-0.1, -0.05) is 0 Å². The van der Waals surface area contributed by atoms with E-state index in [0.717, 1.165) is 24.6 Å². The van der Waals surface area contributed by atoms with Crippen molar-refractivity contribution in [3.63, 3.8) is 0 Å². The van der Waals surface area contributed by atoms with E-state index >= 15 is 0 Å². The topological polar surface area (TPSA) is 50.3 Å². The standard InChI is InChI=1S/C14H27N5/c1-11-13(5-7-15)14(19(4)16-11)18(3)10-12-6-8-17(2)9-12/h12H,5-10,15H2,1-4H3. The maximum atomic E-state index is 5.73. The van der Waals surface area contributed by atoms with Crippen molar-refractivity contribution < 1.29 is 0 Å². The first kappa shape index (κ1) is 14.3. The van der Waals surface area contributed by atoms with Crippen LogP contribution in [0, 0.1) is 12.8 Å². The Kier molecular flexibility index (Phi) is 4.47. The number of anilines is 1. The van der Waals surface area contributed by atoms with Gasteiger partial charge in [0.05, 0.1) is 5.69 Å². The van der Waals surface area contributed by atoms with Crippen LogP contribution in [0.25, 0.3) is 0 Å². The van der Waals surface area contributed by atoms with Gasteiger partial charge >= 0.3 is 0 Å². The molecule has 1 saturated heterocycles. The summed E-state index contributed by atoms with van der Waals surface area (Å²) in [6.45, 7) is 6.28. The van der Waals surface area contributed by atoms with E-state index in [9.17, 15) is 0 Å². The fourth-order valence-electron chi connectivity index (χ4n) is 3.25. The molecule has 2 rings (SSSR count). The maximum absolute atomic E-state index is 5.73. The van der Waals surface area contributed by atoms with Crippen molar-refractivity contribution in [1.29, 1.82) is 0 Å². The minimum absolute atomic E-state index is 0.680. The van der Waals surface area contributed by atoms with Crippen molar-refractivity contribution in [2.24, 2.45) is 18.7 Å². The molecule has 0 aromatic carbocycles. The third-order valence-electron chi connectivity index (χ3n) is 4.09. The Morgan fingerprint density at radius 2 is 2.16 bits per heavy atom. The van der Waals surface area contributed by atoms with Crippen LogP contribution in [-0.2, 0) is 13.5 Å². The molecule has 1 fully saturated rings. The maximum Gasteiger partial charge on any atom is 0.129 e. The van der Waals surface area contributed by atoms with Gasteiger partial charge in [0.15, 0.2) is 0 Å². The van der Waals surface area contributed by atoms with Gasteiger partial charge in [-0.3, -0.25) is 4.68 Å². The third-order valence-corrected chi connectivity index (χ3v) is 4.09. The molecule has 2 heterocycles. The van der Waals surface area contributed by atoms with E-state index in [4.69, 9.17) is 5.73 Å². The molecule has 1 atom stereocenters. The van der Waals surface area contributed by atoms with Crippen molar-refractivity contribution in [3.05, 3.63) is 11.3 Å². The van der Waals surface area contributed by atoms with Gasteiger partial charge < -0.3 is 15.5 Å². The fraction of sp³-hybridized carbons (Fsp3) is 0.786. The second-order valence-electron chi connectivity index (χ2n) is 5.85. The monoisotopic (exact) mass is 265 g/mol. The summed E-state index contributed by atoms with van der Waals surface area (Å²) in [4.78, 5) is 4.77. The van der Waals surface area contributed by atoms with Crippen LogP contribution in [-0.4, -0.2) is 55.0 Å². The number of hydrogen-bond acceptors (Lipinski definition) is 4. The van der Waals surface area contributed by atoms with Crippen LogP contribution in [0.5, 0.6) is 0 Å². The normalized spacial score (nSPS) is 20.2. The molecule has 0 bridgehead atoms. The smallest absolute Gasteiger partial charge is 0.129 e. The number of nitrogens with two attached hydrogens (primary N) is 1. The van der Waals surface area contributed by atoms with Crippen LogP contribution < -0.4 is 10.6 Å². The SMILES string of the molecule is Cc1nn(C)c(N(C)CC2CCN(C)C2)c1CCN. The summed E-state index contributed by atoms with van der Waals surface area (Å²) in [6, 6.07) is 0. The molecule has 1 aliphatic heterocycles. The van der Waals surface area contributed by atoms with Crippen LogP contribution in [0.2, 0.25) is 0 Å². The molecule has 1 aliphatic rings. The molecule has 2 N–H and O–H groups in total. The second-order valence-corrected chi connectivity index (χ2v) is 5.85. The lowest BCUT2D eigenvalue weighted by atomic mass is 10.1. The average Bonchev–Trinajstić information content (AvgIpc) is 2.84. The molecule has 0 saturated carbocycles. The highest BCUT2D eigenvalue weighted by molar-refractivity contribution is 5.49. The molecule has 1 aromatic heterocycles. The summed E-state index contributed by atoms with van der Waals surface area (Å²) >= 11 is 0. The summed E-state index contributed by atoms with van der Waals surface area (Å²) in [5, 5.41) is 4.55. The molecule has 1 unspecified atom stereocenters. The van der Waals surface area contributed by atoms with E-state index in [1.54, 1.807) is 0 Å². The number of nitrogens with zero attached hydrogens (tertiary/aromatic N) is 4. The zero-order valence-corrected chi connectivity index (χ0v) is 12.7. The van der Waals surface area contributed by atoms with Crippen LogP contribution in [0.15, 0.2) is 0 Å². The van der Waals surface area contributed by atoms with Crippen molar-refractivity contribution in [1.82, 2.24) is 14.7 Å². The molecule has 1 aromatic rings. The summed E-state index contributed by atoms with van der Waals surface area (Å²) in [5.74, 6) is 1.99. The Balaban J connectivity index is 2.11. The summed E-state index contributed by atoms with van der Waals surface area (Å²) in [6.07, 6.45) is 2.20. The summed E-state index contributed by atoms with van der Waals surface area (Å²) in [5.41, 5.74) is 8.14. The fourth-order valence-corrected chi connectivity index (χ4v) is 3.25. The Morgan fingerprint density at radius 1 is 1.42 bits per heavy atom. The number of likely N-dealkylation sites (tertiary alicyclic amines) is 1. The lowest BCUT2D eigenvalue weighted by Crippen LogP contribution is -2.29.